The van der Waals surface area contributed by atoms with Gasteiger partial charge in [-0.05, 0) is 72.7 Å². The van der Waals surface area contributed by atoms with Gasteiger partial charge in [-0.3, -0.25) is 9.69 Å². The lowest BCUT2D eigenvalue weighted by Crippen LogP contribution is -2.49. The molecule has 3 aromatic rings. The standard InChI is InChI=1S/C34H40N2O5/c37-25-30-24-29(27-12-15-34(16-13-27)39-22-23-40-34)8-11-32(30)41-31-9-6-28(7-10-31)33(38)36-20-18-35(19-21-36)17-14-26-4-2-1-3-5-26/h1-11,24,27,37H,12-23,25H2. The minimum Gasteiger partial charge on any atom is -0.457 e. The van der Waals surface area contributed by atoms with E-state index in [1.54, 1.807) is 0 Å². The average molecular weight is 557 g/mol. The first-order valence-electron chi connectivity index (χ1n) is 15.0. The fraction of sp³-hybridized carbons (Fsp3) is 0.441. The zero-order valence-corrected chi connectivity index (χ0v) is 23.7. The number of ether oxygens (including phenoxy) is 3. The van der Waals surface area contributed by atoms with E-state index in [9.17, 15) is 9.90 Å². The van der Waals surface area contributed by atoms with E-state index in [1.165, 1.54) is 11.1 Å². The summed E-state index contributed by atoms with van der Waals surface area (Å²) in [5.74, 6) is 1.39. The van der Waals surface area contributed by atoms with Crippen molar-refractivity contribution in [2.45, 2.75) is 50.4 Å². The monoisotopic (exact) mass is 556 g/mol. The van der Waals surface area contributed by atoms with Crippen LogP contribution in [0.1, 0.15) is 58.6 Å². The Bertz CT molecular complexity index is 1290. The molecular formula is C34H40N2O5. The maximum Gasteiger partial charge on any atom is 0.253 e. The summed E-state index contributed by atoms with van der Waals surface area (Å²) in [6, 6.07) is 24.0. The van der Waals surface area contributed by atoms with Gasteiger partial charge < -0.3 is 24.2 Å². The van der Waals surface area contributed by atoms with Crippen LogP contribution in [0.5, 0.6) is 11.5 Å². The first kappa shape index (κ1) is 27.9. The predicted octanol–water partition coefficient (Wildman–Crippen LogP) is 5.37. The van der Waals surface area contributed by atoms with E-state index in [0.717, 1.165) is 70.4 Å². The van der Waals surface area contributed by atoms with Gasteiger partial charge >= 0.3 is 0 Å². The van der Waals surface area contributed by atoms with Crippen LogP contribution in [-0.2, 0) is 22.5 Å². The van der Waals surface area contributed by atoms with Crippen LogP contribution in [0.3, 0.4) is 0 Å². The largest absolute Gasteiger partial charge is 0.457 e. The summed E-state index contributed by atoms with van der Waals surface area (Å²) in [6.45, 7) is 5.55. The van der Waals surface area contributed by atoms with E-state index in [2.05, 4.69) is 41.3 Å². The van der Waals surface area contributed by atoms with E-state index < -0.39 is 0 Å². The molecule has 3 aliphatic rings. The van der Waals surface area contributed by atoms with Gasteiger partial charge in [0.25, 0.3) is 5.91 Å². The second-order valence-corrected chi connectivity index (χ2v) is 11.4. The number of amides is 1. The maximum atomic E-state index is 13.1. The number of carbonyl (C=O) groups excluding carboxylic acids is 1. The number of benzene rings is 3. The summed E-state index contributed by atoms with van der Waals surface area (Å²) >= 11 is 0. The lowest BCUT2D eigenvalue weighted by Gasteiger charge is -2.35. The van der Waals surface area contributed by atoms with E-state index in [-0.39, 0.29) is 18.3 Å². The van der Waals surface area contributed by atoms with Crippen LogP contribution in [0.2, 0.25) is 0 Å². The third-order valence-electron chi connectivity index (χ3n) is 8.84. The molecule has 1 aliphatic carbocycles. The molecule has 1 saturated carbocycles. The molecule has 7 nitrogen and oxygen atoms in total. The summed E-state index contributed by atoms with van der Waals surface area (Å²) in [4.78, 5) is 17.5. The van der Waals surface area contributed by atoms with E-state index in [0.29, 0.717) is 36.2 Å². The highest BCUT2D eigenvalue weighted by Gasteiger charge is 2.40. The second-order valence-electron chi connectivity index (χ2n) is 11.4. The summed E-state index contributed by atoms with van der Waals surface area (Å²) in [7, 11) is 0. The highest BCUT2D eigenvalue weighted by atomic mass is 16.7. The number of aliphatic hydroxyl groups excluding tert-OH is 1. The lowest BCUT2D eigenvalue weighted by atomic mass is 9.80. The Balaban J connectivity index is 1.01. The molecule has 3 fully saturated rings. The van der Waals surface area contributed by atoms with E-state index in [1.807, 2.05) is 41.3 Å². The minimum atomic E-state index is -0.371. The summed E-state index contributed by atoms with van der Waals surface area (Å²) in [6.07, 6.45) is 4.84. The SMILES string of the molecule is O=C(c1ccc(Oc2ccc(C3CCC4(CC3)OCCO4)cc2CO)cc1)N1CCN(CCc2ccccc2)CC1. The third-order valence-corrected chi connectivity index (χ3v) is 8.84. The molecule has 7 heteroatoms. The average Bonchev–Trinajstić information content (AvgIpc) is 3.49. The number of hydrogen-bond donors (Lipinski definition) is 1. The van der Waals surface area contributed by atoms with Crippen molar-refractivity contribution < 1.29 is 24.1 Å². The molecule has 2 aliphatic heterocycles. The Morgan fingerprint density at radius 2 is 1.61 bits per heavy atom. The fourth-order valence-electron chi connectivity index (χ4n) is 6.33. The molecule has 0 unspecified atom stereocenters. The molecule has 1 amide bonds. The number of hydrogen-bond acceptors (Lipinski definition) is 6. The fourth-order valence-corrected chi connectivity index (χ4v) is 6.33. The van der Waals surface area contributed by atoms with Crippen LogP contribution in [0.4, 0.5) is 0 Å². The van der Waals surface area contributed by atoms with Crippen LogP contribution in [0, 0.1) is 0 Å². The summed E-state index contributed by atoms with van der Waals surface area (Å²) in [5.41, 5.74) is 4.00. The molecule has 0 radical (unpaired) electrons. The Kier molecular flexibility index (Phi) is 8.67. The number of carbonyl (C=O) groups is 1. The smallest absolute Gasteiger partial charge is 0.253 e. The van der Waals surface area contributed by atoms with Crippen molar-refractivity contribution in [1.82, 2.24) is 9.80 Å². The molecule has 2 saturated heterocycles. The zero-order chi connectivity index (χ0) is 28.1. The minimum absolute atomic E-state index is 0.0577. The van der Waals surface area contributed by atoms with Crippen LogP contribution in [0.25, 0.3) is 0 Å². The molecular weight excluding hydrogens is 516 g/mol. The van der Waals surface area contributed by atoms with Gasteiger partial charge in [0.05, 0.1) is 19.8 Å². The van der Waals surface area contributed by atoms with Crippen molar-refractivity contribution in [2.24, 2.45) is 0 Å². The molecule has 1 N–H and O–H groups in total. The molecule has 0 atom stereocenters. The normalized spacial score (nSPS) is 19.5. The topological polar surface area (TPSA) is 71.5 Å². The highest BCUT2D eigenvalue weighted by Crippen LogP contribution is 2.43. The van der Waals surface area contributed by atoms with Crippen LogP contribution < -0.4 is 4.74 Å². The van der Waals surface area contributed by atoms with Gasteiger partial charge in [0.15, 0.2) is 5.79 Å². The summed E-state index contributed by atoms with van der Waals surface area (Å²) in [5, 5.41) is 10.1. The van der Waals surface area contributed by atoms with Crippen LogP contribution in [-0.4, -0.2) is 72.5 Å². The number of nitrogens with zero attached hydrogens (tertiary/aromatic N) is 2. The van der Waals surface area contributed by atoms with Crippen molar-refractivity contribution in [3.63, 3.8) is 0 Å². The van der Waals surface area contributed by atoms with Gasteiger partial charge in [0, 0.05) is 56.7 Å². The van der Waals surface area contributed by atoms with Crippen molar-refractivity contribution >= 4 is 5.91 Å². The molecule has 0 bridgehead atoms. The molecule has 0 aromatic heterocycles. The van der Waals surface area contributed by atoms with Gasteiger partial charge in [-0.25, -0.2) is 0 Å². The highest BCUT2D eigenvalue weighted by molar-refractivity contribution is 5.94. The van der Waals surface area contributed by atoms with Crippen LogP contribution >= 0.6 is 0 Å². The zero-order valence-electron chi connectivity index (χ0n) is 23.7. The molecule has 2 heterocycles. The number of aliphatic hydroxyl groups is 1. The van der Waals surface area contributed by atoms with Crippen molar-refractivity contribution in [2.75, 3.05) is 45.9 Å². The number of piperazine rings is 1. The first-order valence-corrected chi connectivity index (χ1v) is 15.0. The maximum absolute atomic E-state index is 13.1. The lowest BCUT2D eigenvalue weighted by molar-refractivity contribution is -0.178. The van der Waals surface area contributed by atoms with Gasteiger partial charge in [0.2, 0.25) is 0 Å². The predicted molar refractivity (Wildman–Crippen MR) is 157 cm³/mol. The number of rotatable bonds is 8. The molecule has 41 heavy (non-hydrogen) atoms. The van der Waals surface area contributed by atoms with Gasteiger partial charge in [-0.15, -0.1) is 0 Å². The third kappa shape index (κ3) is 6.65. The van der Waals surface area contributed by atoms with Gasteiger partial charge in [0.1, 0.15) is 11.5 Å². The van der Waals surface area contributed by atoms with Crippen molar-refractivity contribution in [3.05, 3.63) is 95.1 Å². The van der Waals surface area contributed by atoms with E-state index >= 15 is 0 Å². The Morgan fingerprint density at radius 1 is 0.902 bits per heavy atom. The second kappa shape index (κ2) is 12.7. The van der Waals surface area contributed by atoms with Crippen molar-refractivity contribution in [3.8, 4) is 11.5 Å². The van der Waals surface area contributed by atoms with Gasteiger partial charge in [-0.1, -0.05) is 36.4 Å². The summed E-state index contributed by atoms with van der Waals surface area (Å²) < 4.78 is 17.9. The molecule has 3 aromatic carbocycles. The Hall–Kier alpha value is -3.23. The first-order chi connectivity index (χ1) is 20.1. The van der Waals surface area contributed by atoms with E-state index in [4.69, 9.17) is 14.2 Å². The van der Waals surface area contributed by atoms with Crippen LogP contribution in [0.15, 0.2) is 72.8 Å². The Morgan fingerprint density at radius 3 is 2.29 bits per heavy atom. The molecule has 216 valence electrons. The molecule has 6 rings (SSSR count). The Labute approximate surface area is 242 Å². The molecule has 1 spiro atoms. The van der Waals surface area contributed by atoms with Crippen molar-refractivity contribution in [1.29, 1.82) is 0 Å². The van der Waals surface area contributed by atoms with Gasteiger partial charge in [-0.2, -0.15) is 0 Å². The quantitative estimate of drug-likeness (QED) is 0.402.